The Hall–Kier alpha value is -2.29. The molecular formula is C20H25ClF3N5O. The van der Waals surface area contributed by atoms with Gasteiger partial charge in [0.15, 0.2) is 0 Å². The minimum Gasteiger partial charge on any atom is -0.356 e. The third-order valence-electron chi connectivity index (χ3n) is 5.26. The molecule has 0 saturated carbocycles. The van der Waals surface area contributed by atoms with Crippen molar-refractivity contribution < 1.29 is 18.0 Å². The van der Waals surface area contributed by atoms with E-state index in [1.54, 1.807) is 0 Å². The van der Waals surface area contributed by atoms with Crippen molar-refractivity contribution in [3.63, 3.8) is 0 Å². The van der Waals surface area contributed by atoms with Gasteiger partial charge < -0.3 is 10.2 Å². The van der Waals surface area contributed by atoms with Crippen molar-refractivity contribution in [1.29, 1.82) is 0 Å². The number of alkyl halides is 3. The normalized spacial score (nSPS) is 15.5. The molecule has 3 heterocycles. The number of carbonyl (C=O) groups is 1. The van der Waals surface area contributed by atoms with Gasteiger partial charge in [0.2, 0.25) is 5.91 Å². The van der Waals surface area contributed by atoms with Gasteiger partial charge in [-0.15, -0.1) is 0 Å². The van der Waals surface area contributed by atoms with Crippen LogP contribution in [0, 0.1) is 19.8 Å². The van der Waals surface area contributed by atoms with Gasteiger partial charge in [-0.2, -0.15) is 18.3 Å². The zero-order chi connectivity index (χ0) is 21.9. The van der Waals surface area contributed by atoms with Gasteiger partial charge in [0.25, 0.3) is 0 Å². The Bertz CT molecular complexity index is 891. The van der Waals surface area contributed by atoms with Gasteiger partial charge in [-0.3, -0.25) is 9.48 Å². The highest BCUT2D eigenvalue weighted by Gasteiger charge is 2.33. The zero-order valence-electron chi connectivity index (χ0n) is 17.0. The lowest BCUT2D eigenvalue weighted by atomic mass is 9.96. The molecule has 2 aromatic heterocycles. The molecule has 30 heavy (non-hydrogen) atoms. The smallest absolute Gasteiger partial charge is 0.356 e. The first-order valence-electron chi connectivity index (χ1n) is 9.91. The first-order chi connectivity index (χ1) is 14.1. The third-order valence-corrected chi connectivity index (χ3v) is 5.54. The Kier molecular flexibility index (Phi) is 6.90. The number of carbonyl (C=O) groups excluding carboxylic acids is 1. The Morgan fingerprint density at radius 3 is 2.53 bits per heavy atom. The number of nitrogens with one attached hydrogen (secondary N) is 1. The molecule has 0 unspecified atom stereocenters. The van der Waals surface area contributed by atoms with E-state index in [4.69, 9.17) is 11.6 Å². The van der Waals surface area contributed by atoms with E-state index in [0.29, 0.717) is 38.3 Å². The van der Waals surface area contributed by atoms with Gasteiger partial charge in [-0.05, 0) is 45.2 Å². The van der Waals surface area contributed by atoms with Crippen molar-refractivity contribution in [3.8, 4) is 0 Å². The molecule has 1 amide bonds. The molecule has 0 aliphatic carbocycles. The van der Waals surface area contributed by atoms with Gasteiger partial charge in [0, 0.05) is 44.0 Å². The van der Waals surface area contributed by atoms with Crippen LogP contribution in [0.3, 0.4) is 0 Å². The summed E-state index contributed by atoms with van der Waals surface area (Å²) < 4.78 is 40.2. The molecule has 1 fully saturated rings. The number of anilines is 1. The van der Waals surface area contributed by atoms with E-state index in [-0.39, 0.29) is 16.8 Å². The summed E-state index contributed by atoms with van der Waals surface area (Å²) in [6, 6.07) is 2.91. The number of aromatic nitrogens is 3. The minimum absolute atomic E-state index is 0.00879. The van der Waals surface area contributed by atoms with E-state index < -0.39 is 11.7 Å². The molecular weight excluding hydrogens is 419 g/mol. The SMILES string of the molecule is Cc1cc(C)n(CCCNC(=O)C2CCN(c3ncc(C(F)(F)F)cc3Cl)CC2)n1. The van der Waals surface area contributed by atoms with Crippen molar-refractivity contribution in [1.82, 2.24) is 20.1 Å². The second-order valence-corrected chi connectivity index (χ2v) is 7.99. The summed E-state index contributed by atoms with van der Waals surface area (Å²) in [5.41, 5.74) is 1.21. The molecule has 164 valence electrons. The second kappa shape index (κ2) is 9.24. The summed E-state index contributed by atoms with van der Waals surface area (Å²) >= 11 is 6.02. The Morgan fingerprint density at radius 2 is 1.97 bits per heavy atom. The maximum absolute atomic E-state index is 12.8. The molecule has 2 aromatic rings. The molecule has 6 nitrogen and oxygen atoms in total. The summed E-state index contributed by atoms with van der Waals surface area (Å²) in [6.45, 7) is 6.30. The number of piperidine rings is 1. The highest BCUT2D eigenvalue weighted by molar-refractivity contribution is 6.33. The van der Waals surface area contributed by atoms with E-state index in [0.717, 1.165) is 36.6 Å². The number of nitrogens with zero attached hydrogens (tertiary/aromatic N) is 4. The molecule has 0 radical (unpaired) electrons. The van der Waals surface area contributed by atoms with Gasteiger partial charge in [0.1, 0.15) is 5.82 Å². The summed E-state index contributed by atoms with van der Waals surface area (Å²) in [5, 5.41) is 7.34. The topological polar surface area (TPSA) is 63.1 Å². The van der Waals surface area contributed by atoms with Crippen molar-refractivity contribution in [3.05, 3.63) is 40.3 Å². The predicted molar refractivity (Wildman–Crippen MR) is 109 cm³/mol. The molecule has 1 aliphatic rings. The van der Waals surface area contributed by atoms with Gasteiger partial charge in [0.05, 0.1) is 16.3 Å². The van der Waals surface area contributed by atoms with Crippen molar-refractivity contribution in [2.45, 2.75) is 45.8 Å². The van der Waals surface area contributed by atoms with Crippen LogP contribution in [-0.4, -0.2) is 40.3 Å². The largest absolute Gasteiger partial charge is 0.417 e. The van der Waals surface area contributed by atoms with Crippen LogP contribution in [0.5, 0.6) is 0 Å². The summed E-state index contributed by atoms with van der Waals surface area (Å²) in [5.74, 6) is 0.214. The van der Waals surface area contributed by atoms with Crippen molar-refractivity contribution >= 4 is 23.3 Å². The lowest BCUT2D eigenvalue weighted by molar-refractivity contribution is -0.137. The summed E-state index contributed by atoms with van der Waals surface area (Å²) in [4.78, 5) is 18.2. The van der Waals surface area contributed by atoms with Crippen LogP contribution in [0.15, 0.2) is 18.3 Å². The first-order valence-corrected chi connectivity index (χ1v) is 10.3. The van der Waals surface area contributed by atoms with Crippen molar-refractivity contribution in [2.75, 3.05) is 24.5 Å². The maximum Gasteiger partial charge on any atom is 0.417 e. The summed E-state index contributed by atoms with van der Waals surface area (Å²) in [7, 11) is 0. The molecule has 1 N–H and O–H groups in total. The van der Waals surface area contributed by atoms with E-state index in [2.05, 4.69) is 15.4 Å². The van der Waals surface area contributed by atoms with Gasteiger partial charge in [-0.25, -0.2) is 4.98 Å². The molecule has 0 atom stereocenters. The fourth-order valence-electron chi connectivity index (χ4n) is 3.66. The van der Waals surface area contributed by atoms with Crippen LogP contribution in [0.2, 0.25) is 5.02 Å². The zero-order valence-corrected chi connectivity index (χ0v) is 17.7. The standard InChI is InChI=1S/C20H25ClF3N5O/c1-13-10-14(2)29(27-13)7-3-6-25-19(30)15-4-8-28(9-5-15)18-17(21)11-16(12-26-18)20(22,23)24/h10-12,15H,3-9H2,1-2H3,(H,25,30). The highest BCUT2D eigenvalue weighted by atomic mass is 35.5. The number of aryl methyl sites for hydroxylation is 3. The predicted octanol–water partition coefficient (Wildman–Crippen LogP) is 3.99. The van der Waals surface area contributed by atoms with E-state index in [1.807, 2.05) is 29.5 Å². The van der Waals surface area contributed by atoms with E-state index >= 15 is 0 Å². The van der Waals surface area contributed by atoms with Crippen LogP contribution >= 0.6 is 11.6 Å². The van der Waals surface area contributed by atoms with Gasteiger partial charge >= 0.3 is 6.18 Å². The monoisotopic (exact) mass is 443 g/mol. The number of hydrogen-bond donors (Lipinski definition) is 1. The maximum atomic E-state index is 12.8. The summed E-state index contributed by atoms with van der Waals surface area (Å²) in [6.07, 6.45) is -1.69. The van der Waals surface area contributed by atoms with Gasteiger partial charge in [-0.1, -0.05) is 11.6 Å². The second-order valence-electron chi connectivity index (χ2n) is 7.58. The number of hydrogen-bond acceptors (Lipinski definition) is 4. The molecule has 0 bridgehead atoms. The molecule has 1 aliphatic heterocycles. The van der Waals surface area contributed by atoms with Crippen LogP contribution in [0.4, 0.5) is 19.0 Å². The van der Waals surface area contributed by atoms with E-state index in [1.165, 1.54) is 0 Å². The van der Waals surface area contributed by atoms with Crippen LogP contribution < -0.4 is 10.2 Å². The quantitative estimate of drug-likeness (QED) is 0.686. The molecule has 0 spiro atoms. The average Bonchev–Trinajstić information content (AvgIpc) is 3.01. The number of pyridine rings is 1. The fraction of sp³-hybridized carbons (Fsp3) is 0.550. The van der Waals surface area contributed by atoms with Crippen molar-refractivity contribution in [2.24, 2.45) is 5.92 Å². The minimum atomic E-state index is -4.48. The lowest BCUT2D eigenvalue weighted by Gasteiger charge is -2.32. The molecule has 3 rings (SSSR count). The highest BCUT2D eigenvalue weighted by Crippen LogP contribution is 2.34. The molecule has 0 aromatic carbocycles. The molecule has 10 heteroatoms. The van der Waals surface area contributed by atoms with Crippen LogP contribution in [0.25, 0.3) is 0 Å². The fourth-order valence-corrected chi connectivity index (χ4v) is 3.94. The first kappa shape index (κ1) is 22.4. The third kappa shape index (κ3) is 5.44. The number of rotatable bonds is 6. The Balaban J connectivity index is 1.44. The Labute approximate surface area is 178 Å². The Morgan fingerprint density at radius 1 is 1.27 bits per heavy atom. The molecule has 1 saturated heterocycles. The van der Waals surface area contributed by atoms with Crippen LogP contribution in [0.1, 0.15) is 36.2 Å². The number of halogens is 4. The van der Waals surface area contributed by atoms with Crippen LogP contribution in [-0.2, 0) is 17.5 Å². The average molecular weight is 444 g/mol. The van der Waals surface area contributed by atoms with E-state index in [9.17, 15) is 18.0 Å². The lowest BCUT2D eigenvalue weighted by Crippen LogP contribution is -2.41. The number of amides is 1.